The van der Waals surface area contributed by atoms with Crippen molar-refractivity contribution in [2.24, 2.45) is 11.8 Å². The van der Waals surface area contributed by atoms with Crippen LogP contribution in [-0.4, -0.2) is 5.78 Å². The van der Waals surface area contributed by atoms with Crippen molar-refractivity contribution < 1.29 is 4.79 Å². The number of ketones is 1. The Kier molecular flexibility index (Phi) is 4.65. The molecule has 0 aliphatic heterocycles. The van der Waals surface area contributed by atoms with Crippen LogP contribution in [0.3, 0.4) is 0 Å². The zero-order valence-corrected chi connectivity index (χ0v) is 8.96. The number of hydrogen-bond donors (Lipinski definition) is 0. The number of hydrogen-bond acceptors (Lipinski definition) is 2. The third-order valence-electron chi connectivity index (χ3n) is 3.04. The van der Waals surface area contributed by atoms with E-state index in [1.54, 1.807) is 0 Å². The Labute approximate surface area is 86.3 Å². The molecule has 0 aromatic heterocycles. The molecule has 1 unspecified atom stereocenters. The van der Waals surface area contributed by atoms with E-state index in [0.29, 0.717) is 12.2 Å². The fraction of sp³-hybridized carbons (Fsp3) is 0.833. The Morgan fingerprint density at radius 2 is 1.93 bits per heavy atom. The summed E-state index contributed by atoms with van der Waals surface area (Å²) in [6.45, 7) is 1.83. The molecule has 0 aromatic carbocycles. The molecule has 1 fully saturated rings. The molecule has 78 valence electrons. The highest BCUT2D eigenvalue weighted by Gasteiger charge is 2.21. The number of Topliss-reactive ketones (excluding diaryl/α,β-unsaturated/α-hetero) is 1. The summed E-state index contributed by atoms with van der Waals surface area (Å²) in [6.07, 6.45) is 7.50. The highest BCUT2D eigenvalue weighted by molar-refractivity contribution is 5.81. The van der Waals surface area contributed by atoms with E-state index in [9.17, 15) is 4.79 Å². The lowest BCUT2D eigenvalue weighted by molar-refractivity contribution is -0.123. The topological polar surface area (TPSA) is 40.9 Å². The zero-order valence-electron chi connectivity index (χ0n) is 8.96. The third-order valence-corrected chi connectivity index (χ3v) is 3.04. The molecule has 2 heteroatoms. The molecular weight excluding hydrogens is 174 g/mol. The molecule has 1 rings (SSSR count). The van der Waals surface area contributed by atoms with E-state index in [1.165, 1.54) is 25.7 Å². The minimum absolute atomic E-state index is 0.106. The highest BCUT2D eigenvalue weighted by Crippen LogP contribution is 2.25. The van der Waals surface area contributed by atoms with Crippen LogP contribution in [0.2, 0.25) is 0 Å². The SMILES string of the molecule is CC(C#N)CC(=O)C1CCCCCC1. The number of nitriles is 1. The maximum atomic E-state index is 11.8. The van der Waals surface area contributed by atoms with Crippen LogP contribution >= 0.6 is 0 Å². The molecule has 2 nitrogen and oxygen atoms in total. The van der Waals surface area contributed by atoms with Gasteiger partial charge in [-0.15, -0.1) is 0 Å². The van der Waals surface area contributed by atoms with Gasteiger partial charge in [-0.2, -0.15) is 5.26 Å². The zero-order chi connectivity index (χ0) is 10.4. The van der Waals surface area contributed by atoms with E-state index in [2.05, 4.69) is 6.07 Å². The monoisotopic (exact) mass is 193 g/mol. The number of nitrogens with zero attached hydrogens (tertiary/aromatic N) is 1. The van der Waals surface area contributed by atoms with Crippen LogP contribution in [0.4, 0.5) is 0 Å². The van der Waals surface area contributed by atoms with Crippen LogP contribution in [0.1, 0.15) is 51.9 Å². The molecule has 0 saturated heterocycles. The molecular formula is C12H19NO. The van der Waals surface area contributed by atoms with Gasteiger partial charge < -0.3 is 0 Å². The summed E-state index contributed by atoms with van der Waals surface area (Å²) in [4.78, 5) is 11.8. The lowest BCUT2D eigenvalue weighted by Crippen LogP contribution is -2.16. The minimum atomic E-state index is -0.106. The van der Waals surface area contributed by atoms with Gasteiger partial charge in [-0.3, -0.25) is 4.79 Å². The molecule has 1 atom stereocenters. The number of rotatable bonds is 3. The van der Waals surface area contributed by atoms with Crippen LogP contribution in [0, 0.1) is 23.2 Å². The van der Waals surface area contributed by atoms with Crippen molar-refractivity contribution in [3.05, 3.63) is 0 Å². The van der Waals surface area contributed by atoms with E-state index < -0.39 is 0 Å². The predicted octanol–water partition coefficient (Wildman–Crippen LogP) is 3.08. The van der Waals surface area contributed by atoms with Gasteiger partial charge in [-0.05, 0) is 19.8 Å². The van der Waals surface area contributed by atoms with Crippen molar-refractivity contribution in [3.8, 4) is 6.07 Å². The van der Waals surface area contributed by atoms with Crippen molar-refractivity contribution in [3.63, 3.8) is 0 Å². The molecule has 0 bridgehead atoms. The molecule has 0 amide bonds. The molecule has 0 heterocycles. The molecule has 14 heavy (non-hydrogen) atoms. The molecule has 0 N–H and O–H groups in total. The first kappa shape index (κ1) is 11.2. The molecule has 1 aliphatic rings. The maximum absolute atomic E-state index is 11.8. The molecule has 0 radical (unpaired) electrons. The standard InChI is InChI=1S/C12H19NO/c1-10(9-13)8-12(14)11-6-4-2-3-5-7-11/h10-11H,2-8H2,1H3. The van der Waals surface area contributed by atoms with E-state index in [4.69, 9.17) is 5.26 Å². The second-order valence-corrected chi connectivity index (χ2v) is 4.39. The Hall–Kier alpha value is -0.840. The maximum Gasteiger partial charge on any atom is 0.137 e. The number of carbonyl (C=O) groups excluding carboxylic acids is 1. The second kappa shape index (κ2) is 5.80. The first-order valence-electron chi connectivity index (χ1n) is 5.66. The summed E-state index contributed by atoms with van der Waals surface area (Å²) in [6, 6.07) is 2.13. The summed E-state index contributed by atoms with van der Waals surface area (Å²) in [5.41, 5.74) is 0. The first-order valence-corrected chi connectivity index (χ1v) is 5.66. The quantitative estimate of drug-likeness (QED) is 0.646. The van der Waals surface area contributed by atoms with Gasteiger partial charge in [-0.1, -0.05) is 25.7 Å². The Morgan fingerprint density at radius 1 is 1.36 bits per heavy atom. The predicted molar refractivity (Wildman–Crippen MR) is 55.6 cm³/mol. The van der Waals surface area contributed by atoms with Crippen molar-refractivity contribution >= 4 is 5.78 Å². The molecule has 1 saturated carbocycles. The third kappa shape index (κ3) is 3.49. The second-order valence-electron chi connectivity index (χ2n) is 4.39. The van der Waals surface area contributed by atoms with Gasteiger partial charge in [-0.25, -0.2) is 0 Å². The smallest absolute Gasteiger partial charge is 0.137 e. The average Bonchev–Trinajstić information content (AvgIpc) is 2.45. The van der Waals surface area contributed by atoms with Crippen molar-refractivity contribution in [2.75, 3.05) is 0 Å². The molecule has 0 aromatic rings. The van der Waals surface area contributed by atoms with Gasteiger partial charge in [0.1, 0.15) is 5.78 Å². The fourth-order valence-electron chi connectivity index (χ4n) is 2.12. The Bertz CT molecular complexity index is 221. The van der Waals surface area contributed by atoms with Gasteiger partial charge in [0.2, 0.25) is 0 Å². The largest absolute Gasteiger partial charge is 0.299 e. The normalized spacial score (nSPS) is 20.9. The minimum Gasteiger partial charge on any atom is -0.299 e. The molecule has 1 aliphatic carbocycles. The van der Waals surface area contributed by atoms with E-state index >= 15 is 0 Å². The molecule has 0 spiro atoms. The lowest BCUT2D eigenvalue weighted by Gasteiger charge is -2.12. The van der Waals surface area contributed by atoms with Gasteiger partial charge >= 0.3 is 0 Å². The van der Waals surface area contributed by atoms with Crippen LogP contribution in [-0.2, 0) is 4.79 Å². The summed E-state index contributed by atoms with van der Waals surface area (Å²) in [5, 5.41) is 8.64. The van der Waals surface area contributed by atoms with Crippen LogP contribution in [0.25, 0.3) is 0 Å². The Morgan fingerprint density at radius 3 is 2.43 bits per heavy atom. The van der Waals surface area contributed by atoms with Crippen LogP contribution in [0.5, 0.6) is 0 Å². The van der Waals surface area contributed by atoms with Gasteiger partial charge in [0, 0.05) is 12.3 Å². The van der Waals surface area contributed by atoms with E-state index in [0.717, 1.165) is 12.8 Å². The van der Waals surface area contributed by atoms with Crippen molar-refractivity contribution in [1.29, 1.82) is 5.26 Å². The van der Waals surface area contributed by atoms with E-state index in [-0.39, 0.29) is 11.8 Å². The average molecular weight is 193 g/mol. The highest BCUT2D eigenvalue weighted by atomic mass is 16.1. The lowest BCUT2D eigenvalue weighted by atomic mass is 9.90. The van der Waals surface area contributed by atoms with Crippen LogP contribution in [0.15, 0.2) is 0 Å². The fourth-order valence-corrected chi connectivity index (χ4v) is 2.12. The van der Waals surface area contributed by atoms with Gasteiger partial charge in [0.05, 0.1) is 12.0 Å². The van der Waals surface area contributed by atoms with E-state index in [1.807, 2.05) is 6.92 Å². The van der Waals surface area contributed by atoms with Crippen molar-refractivity contribution in [1.82, 2.24) is 0 Å². The van der Waals surface area contributed by atoms with Gasteiger partial charge in [0.15, 0.2) is 0 Å². The summed E-state index contributed by atoms with van der Waals surface area (Å²) in [5.74, 6) is 0.472. The summed E-state index contributed by atoms with van der Waals surface area (Å²) < 4.78 is 0. The van der Waals surface area contributed by atoms with Crippen LogP contribution < -0.4 is 0 Å². The summed E-state index contributed by atoms with van der Waals surface area (Å²) in [7, 11) is 0. The van der Waals surface area contributed by atoms with Crippen molar-refractivity contribution in [2.45, 2.75) is 51.9 Å². The van der Waals surface area contributed by atoms with Gasteiger partial charge in [0.25, 0.3) is 0 Å². The summed E-state index contributed by atoms with van der Waals surface area (Å²) >= 11 is 0. The Balaban J connectivity index is 2.38. The number of carbonyl (C=O) groups is 1. The first-order chi connectivity index (χ1) is 6.74.